The van der Waals surface area contributed by atoms with Crippen LogP contribution in [0.1, 0.15) is 48.5 Å². The number of para-hydroxylation sites is 1. The molecule has 2 aromatic carbocycles. The summed E-state index contributed by atoms with van der Waals surface area (Å²) in [6, 6.07) is 14.9. The van der Waals surface area contributed by atoms with Gasteiger partial charge < -0.3 is 14.5 Å². The summed E-state index contributed by atoms with van der Waals surface area (Å²) < 4.78 is 5.20. The Bertz CT molecular complexity index is 1100. The van der Waals surface area contributed by atoms with E-state index in [1.807, 2.05) is 49.4 Å². The summed E-state index contributed by atoms with van der Waals surface area (Å²) in [7, 11) is 1.62. The quantitative estimate of drug-likeness (QED) is 0.530. The molecule has 4 rings (SSSR count). The van der Waals surface area contributed by atoms with E-state index in [4.69, 9.17) is 4.74 Å². The van der Waals surface area contributed by atoms with E-state index >= 15 is 0 Å². The van der Waals surface area contributed by atoms with Crippen molar-refractivity contribution < 1.29 is 19.1 Å². The summed E-state index contributed by atoms with van der Waals surface area (Å²) in [4.78, 5) is 44.4. The van der Waals surface area contributed by atoms with Gasteiger partial charge in [0.05, 0.1) is 18.4 Å². The van der Waals surface area contributed by atoms with Crippen molar-refractivity contribution in [2.24, 2.45) is 0 Å². The van der Waals surface area contributed by atoms with Crippen molar-refractivity contribution >= 4 is 23.4 Å². The summed E-state index contributed by atoms with van der Waals surface area (Å²) in [5.74, 6) is 0.717. The number of methoxy groups -OCH3 is 1. The normalized spacial score (nSPS) is 19.0. The summed E-state index contributed by atoms with van der Waals surface area (Å²) in [6.07, 6.45) is 3.53. The van der Waals surface area contributed by atoms with Crippen molar-refractivity contribution in [2.75, 3.05) is 25.1 Å². The smallest absolute Gasteiger partial charge is 0.257 e. The van der Waals surface area contributed by atoms with E-state index in [1.54, 1.807) is 34.0 Å². The third kappa shape index (κ3) is 4.30. The fourth-order valence-corrected chi connectivity index (χ4v) is 4.95. The molecule has 0 aromatic heterocycles. The maximum Gasteiger partial charge on any atom is 0.257 e. The Labute approximate surface area is 200 Å². The van der Waals surface area contributed by atoms with Gasteiger partial charge in [0, 0.05) is 32.5 Å². The molecular weight excluding hydrogens is 430 g/mol. The van der Waals surface area contributed by atoms with E-state index in [0.717, 1.165) is 11.3 Å². The Morgan fingerprint density at radius 3 is 2.62 bits per heavy atom. The fraction of sp³-hybridized carbons (Fsp3) is 0.370. The summed E-state index contributed by atoms with van der Waals surface area (Å²) in [5, 5.41) is 0. The van der Waals surface area contributed by atoms with Crippen LogP contribution >= 0.6 is 0 Å². The minimum atomic E-state index is -0.699. The molecule has 0 unspecified atom stereocenters. The molecule has 0 N–H and O–H groups in total. The highest BCUT2D eigenvalue weighted by molar-refractivity contribution is 6.10. The second-order valence-electron chi connectivity index (χ2n) is 8.93. The summed E-state index contributed by atoms with van der Waals surface area (Å²) in [5.41, 5.74) is 1.53. The maximum atomic E-state index is 13.3. The number of ether oxygens (including phenoxy) is 1. The van der Waals surface area contributed by atoms with Gasteiger partial charge in [0.25, 0.3) is 5.91 Å². The molecule has 7 heteroatoms. The minimum absolute atomic E-state index is 0.00471. The topological polar surface area (TPSA) is 70.2 Å². The number of amides is 3. The van der Waals surface area contributed by atoms with Crippen LogP contribution in [-0.2, 0) is 16.1 Å². The predicted octanol–water partition coefficient (Wildman–Crippen LogP) is 3.99. The van der Waals surface area contributed by atoms with Crippen molar-refractivity contribution in [1.82, 2.24) is 9.80 Å². The molecule has 3 amide bonds. The Balaban J connectivity index is 1.44. The maximum absolute atomic E-state index is 13.3. The fourth-order valence-electron chi connectivity index (χ4n) is 4.95. The van der Waals surface area contributed by atoms with Crippen molar-refractivity contribution in [2.45, 2.75) is 44.8 Å². The van der Waals surface area contributed by atoms with Gasteiger partial charge in [0.2, 0.25) is 11.8 Å². The first-order valence-corrected chi connectivity index (χ1v) is 11.6. The number of hydrogen-bond donors (Lipinski definition) is 0. The average Bonchev–Trinajstić information content (AvgIpc) is 3.16. The summed E-state index contributed by atoms with van der Waals surface area (Å²) in [6.45, 7) is 7.06. The van der Waals surface area contributed by atoms with E-state index in [0.29, 0.717) is 56.6 Å². The number of fused-ring (bicyclic) bond motifs is 3. The Morgan fingerprint density at radius 2 is 1.91 bits per heavy atom. The van der Waals surface area contributed by atoms with Crippen LogP contribution in [0.4, 0.5) is 5.69 Å². The molecule has 0 aliphatic carbocycles. The van der Waals surface area contributed by atoms with Crippen LogP contribution in [0, 0.1) is 0 Å². The first kappa shape index (κ1) is 23.5. The van der Waals surface area contributed by atoms with Gasteiger partial charge >= 0.3 is 0 Å². The number of carbonyl (C=O) groups excluding carboxylic acids is 3. The van der Waals surface area contributed by atoms with Gasteiger partial charge in [-0.05, 0) is 49.6 Å². The molecule has 2 aromatic rings. The van der Waals surface area contributed by atoms with E-state index in [2.05, 4.69) is 6.58 Å². The molecule has 1 fully saturated rings. The molecule has 7 nitrogen and oxygen atoms in total. The third-order valence-corrected chi connectivity index (χ3v) is 6.75. The first-order chi connectivity index (χ1) is 16.4. The summed E-state index contributed by atoms with van der Waals surface area (Å²) >= 11 is 0. The van der Waals surface area contributed by atoms with Crippen molar-refractivity contribution in [3.8, 4) is 5.75 Å². The number of carbonyl (C=O) groups is 3. The number of hydrogen-bond acceptors (Lipinski definition) is 4. The van der Waals surface area contributed by atoms with Gasteiger partial charge in [-0.2, -0.15) is 0 Å². The molecule has 1 atom stereocenters. The molecule has 34 heavy (non-hydrogen) atoms. The average molecular weight is 462 g/mol. The monoisotopic (exact) mass is 461 g/mol. The van der Waals surface area contributed by atoms with Gasteiger partial charge in [-0.15, -0.1) is 6.58 Å². The zero-order valence-electron chi connectivity index (χ0n) is 19.8. The molecule has 0 saturated carbocycles. The van der Waals surface area contributed by atoms with Gasteiger partial charge in [0.1, 0.15) is 11.4 Å². The molecule has 2 aliphatic rings. The molecule has 2 heterocycles. The lowest BCUT2D eigenvalue weighted by molar-refractivity contribution is -0.131. The van der Waals surface area contributed by atoms with Crippen LogP contribution < -0.4 is 9.64 Å². The highest BCUT2D eigenvalue weighted by Crippen LogP contribution is 2.44. The van der Waals surface area contributed by atoms with Crippen molar-refractivity contribution in [1.29, 1.82) is 0 Å². The predicted molar refractivity (Wildman–Crippen MR) is 130 cm³/mol. The Morgan fingerprint density at radius 1 is 1.18 bits per heavy atom. The van der Waals surface area contributed by atoms with Crippen LogP contribution in [-0.4, -0.2) is 53.4 Å². The van der Waals surface area contributed by atoms with Crippen LogP contribution in [0.25, 0.3) is 0 Å². The molecule has 0 radical (unpaired) electrons. The number of benzene rings is 2. The molecule has 0 spiro atoms. The van der Waals surface area contributed by atoms with E-state index in [-0.39, 0.29) is 17.7 Å². The molecule has 0 bridgehead atoms. The number of nitrogens with zero attached hydrogens (tertiary/aromatic N) is 3. The molecule has 178 valence electrons. The van der Waals surface area contributed by atoms with Crippen molar-refractivity contribution in [3.05, 3.63) is 72.3 Å². The van der Waals surface area contributed by atoms with Crippen LogP contribution in [0.3, 0.4) is 0 Å². The number of anilines is 1. The molecular formula is C27H31N3O4. The van der Waals surface area contributed by atoms with E-state index in [9.17, 15) is 14.4 Å². The SMILES string of the molecule is C=CCN(Cc1ccc(OC)cc1)C(=O)CCCN1C(=O)c2ccccc2N2C(=O)CC[C@@]12C. The van der Waals surface area contributed by atoms with Crippen LogP contribution in [0.2, 0.25) is 0 Å². The lowest BCUT2D eigenvalue weighted by Crippen LogP contribution is -2.62. The third-order valence-electron chi connectivity index (χ3n) is 6.75. The van der Waals surface area contributed by atoms with Crippen molar-refractivity contribution in [3.63, 3.8) is 0 Å². The lowest BCUT2D eigenvalue weighted by atomic mass is 9.98. The molecule has 2 aliphatic heterocycles. The molecule has 1 saturated heterocycles. The van der Waals surface area contributed by atoms with Crippen LogP contribution in [0.5, 0.6) is 5.75 Å². The largest absolute Gasteiger partial charge is 0.497 e. The Hall–Kier alpha value is -3.61. The standard InChI is InChI=1S/C27H31N3O4/c1-4-17-28(19-20-11-13-21(34-3)14-12-20)24(31)10-7-18-29-26(33)22-8-5-6-9-23(22)30-25(32)15-16-27(29,30)2/h4-6,8-9,11-14H,1,7,10,15-19H2,2-3H3/t27-/m0/s1. The number of rotatable bonds is 9. The highest BCUT2D eigenvalue weighted by atomic mass is 16.5. The van der Waals surface area contributed by atoms with Gasteiger partial charge in [-0.1, -0.05) is 30.3 Å². The van der Waals surface area contributed by atoms with Gasteiger partial charge in [0.15, 0.2) is 0 Å². The second kappa shape index (κ2) is 9.71. The minimum Gasteiger partial charge on any atom is -0.497 e. The first-order valence-electron chi connectivity index (χ1n) is 11.6. The van der Waals surface area contributed by atoms with E-state index < -0.39 is 5.66 Å². The zero-order chi connectivity index (χ0) is 24.3. The van der Waals surface area contributed by atoms with Crippen LogP contribution in [0.15, 0.2) is 61.2 Å². The highest BCUT2D eigenvalue weighted by Gasteiger charge is 2.52. The second-order valence-corrected chi connectivity index (χ2v) is 8.93. The Kier molecular flexibility index (Phi) is 6.72. The van der Waals surface area contributed by atoms with Gasteiger partial charge in [-0.25, -0.2) is 0 Å². The van der Waals surface area contributed by atoms with E-state index in [1.165, 1.54) is 0 Å². The zero-order valence-corrected chi connectivity index (χ0v) is 19.8. The van der Waals surface area contributed by atoms with Gasteiger partial charge in [-0.3, -0.25) is 19.3 Å². The lowest BCUT2D eigenvalue weighted by Gasteiger charge is -2.48.